The van der Waals surface area contributed by atoms with Crippen molar-refractivity contribution in [1.29, 1.82) is 0 Å². The number of aromatic amines is 1. The second-order valence-corrected chi connectivity index (χ2v) is 5.69. The molecule has 2 aromatic rings. The van der Waals surface area contributed by atoms with Crippen LogP contribution in [0, 0.1) is 4.64 Å². The highest BCUT2D eigenvalue weighted by Crippen LogP contribution is 2.28. The molecule has 0 radical (unpaired) electrons. The van der Waals surface area contributed by atoms with Crippen molar-refractivity contribution < 1.29 is 14.3 Å². The van der Waals surface area contributed by atoms with E-state index >= 15 is 0 Å². The maximum atomic E-state index is 12.2. The molecule has 1 aromatic heterocycles. The second kappa shape index (κ2) is 9.08. The Morgan fingerprint density at radius 3 is 2.83 bits per heavy atom. The molecule has 0 spiro atoms. The number of pyridine rings is 1. The molecule has 0 saturated heterocycles. The van der Waals surface area contributed by atoms with Gasteiger partial charge >= 0.3 is 0 Å². The van der Waals surface area contributed by atoms with Crippen molar-refractivity contribution in [2.75, 3.05) is 13.7 Å². The van der Waals surface area contributed by atoms with E-state index in [0.29, 0.717) is 34.9 Å². The first kappa shape index (κ1) is 18.0. The SMILES string of the molecule is CCCCOc1ccc(CNC(=O)c2ccc[nH]c2=S)cc1OC. The Morgan fingerprint density at radius 2 is 2.12 bits per heavy atom. The van der Waals surface area contributed by atoms with Gasteiger partial charge in [-0.05, 0) is 36.2 Å². The van der Waals surface area contributed by atoms with E-state index in [0.717, 1.165) is 18.4 Å². The van der Waals surface area contributed by atoms with Gasteiger partial charge in [0.15, 0.2) is 11.5 Å². The quantitative estimate of drug-likeness (QED) is 0.563. The Labute approximate surface area is 147 Å². The van der Waals surface area contributed by atoms with Crippen molar-refractivity contribution in [2.24, 2.45) is 0 Å². The van der Waals surface area contributed by atoms with Crippen molar-refractivity contribution in [3.05, 3.63) is 52.3 Å². The first-order valence-electron chi connectivity index (χ1n) is 7.91. The number of amides is 1. The molecule has 0 fully saturated rings. The molecule has 1 aromatic carbocycles. The molecule has 2 N–H and O–H groups in total. The minimum absolute atomic E-state index is 0.209. The molecule has 0 bridgehead atoms. The zero-order valence-corrected chi connectivity index (χ0v) is 14.7. The van der Waals surface area contributed by atoms with E-state index < -0.39 is 0 Å². The first-order chi connectivity index (χ1) is 11.7. The van der Waals surface area contributed by atoms with E-state index in [1.807, 2.05) is 18.2 Å². The number of hydrogen-bond donors (Lipinski definition) is 2. The molecule has 0 saturated carbocycles. The van der Waals surface area contributed by atoms with E-state index in [2.05, 4.69) is 17.2 Å². The van der Waals surface area contributed by atoms with Crippen molar-refractivity contribution in [3.63, 3.8) is 0 Å². The van der Waals surface area contributed by atoms with Gasteiger partial charge in [0.2, 0.25) is 0 Å². The first-order valence-corrected chi connectivity index (χ1v) is 8.32. The third-order valence-corrected chi connectivity index (χ3v) is 3.84. The Bertz CT molecular complexity index is 743. The van der Waals surface area contributed by atoms with Gasteiger partial charge in [0.05, 0.1) is 19.3 Å². The van der Waals surface area contributed by atoms with Crippen LogP contribution in [0.3, 0.4) is 0 Å². The standard InChI is InChI=1S/C18H22N2O3S/c1-3-4-10-23-15-8-7-13(11-16(15)22-2)12-20-17(21)14-6-5-9-19-18(14)24/h5-9,11H,3-4,10,12H2,1-2H3,(H,19,24)(H,20,21). The number of unbranched alkanes of at least 4 members (excludes halogenated alkanes) is 1. The smallest absolute Gasteiger partial charge is 0.254 e. The molecule has 0 unspecified atom stereocenters. The summed E-state index contributed by atoms with van der Waals surface area (Å²) < 4.78 is 11.5. The summed E-state index contributed by atoms with van der Waals surface area (Å²) in [7, 11) is 1.60. The van der Waals surface area contributed by atoms with Gasteiger partial charge < -0.3 is 19.8 Å². The van der Waals surface area contributed by atoms with Crippen molar-refractivity contribution in [3.8, 4) is 11.5 Å². The number of methoxy groups -OCH3 is 1. The lowest BCUT2D eigenvalue weighted by molar-refractivity contribution is 0.0950. The van der Waals surface area contributed by atoms with Crippen LogP contribution >= 0.6 is 12.2 Å². The van der Waals surface area contributed by atoms with E-state index in [-0.39, 0.29) is 5.91 Å². The molecule has 1 amide bonds. The molecule has 0 aliphatic carbocycles. The summed E-state index contributed by atoms with van der Waals surface area (Å²) in [6, 6.07) is 9.09. The average molecular weight is 346 g/mol. The predicted octanol–water partition coefficient (Wildman–Crippen LogP) is 3.86. The fraction of sp³-hybridized carbons (Fsp3) is 0.333. The van der Waals surface area contributed by atoms with Crippen LogP contribution in [0.5, 0.6) is 11.5 Å². The molecular weight excluding hydrogens is 324 g/mol. The third-order valence-electron chi connectivity index (χ3n) is 3.50. The highest BCUT2D eigenvalue weighted by Gasteiger charge is 2.09. The number of carbonyl (C=O) groups excluding carboxylic acids is 1. The Balaban J connectivity index is 2.01. The topological polar surface area (TPSA) is 63.3 Å². The largest absolute Gasteiger partial charge is 0.493 e. The lowest BCUT2D eigenvalue weighted by atomic mass is 10.2. The molecule has 0 atom stereocenters. The van der Waals surface area contributed by atoms with Crippen LogP contribution in [0.15, 0.2) is 36.5 Å². The minimum Gasteiger partial charge on any atom is -0.493 e. The summed E-state index contributed by atoms with van der Waals surface area (Å²) in [6.07, 6.45) is 3.77. The lowest BCUT2D eigenvalue weighted by Crippen LogP contribution is -2.23. The van der Waals surface area contributed by atoms with Crippen molar-refractivity contribution >= 4 is 18.1 Å². The fourth-order valence-electron chi connectivity index (χ4n) is 2.15. The van der Waals surface area contributed by atoms with Gasteiger partial charge in [-0.15, -0.1) is 0 Å². The molecule has 6 heteroatoms. The van der Waals surface area contributed by atoms with Gasteiger partial charge in [-0.1, -0.05) is 31.6 Å². The van der Waals surface area contributed by atoms with Crippen molar-refractivity contribution in [1.82, 2.24) is 10.3 Å². The van der Waals surface area contributed by atoms with Crippen LogP contribution in [0.1, 0.15) is 35.7 Å². The summed E-state index contributed by atoms with van der Waals surface area (Å²) in [5.41, 5.74) is 1.38. The van der Waals surface area contributed by atoms with E-state index in [1.165, 1.54) is 0 Å². The van der Waals surface area contributed by atoms with Gasteiger partial charge in [0, 0.05) is 12.7 Å². The zero-order chi connectivity index (χ0) is 17.4. The Hall–Kier alpha value is -2.34. The van der Waals surface area contributed by atoms with E-state index in [9.17, 15) is 4.79 Å². The number of ether oxygens (including phenoxy) is 2. The molecule has 128 valence electrons. The number of carbonyl (C=O) groups is 1. The molecular formula is C18H22N2O3S. The van der Waals surface area contributed by atoms with Gasteiger partial charge in [0.25, 0.3) is 5.91 Å². The van der Waals surface area contributed by atoms with Crippen LogP contribution in [-0.2, 0) is 6.54 Å². The number of rotatable bonds is 8. The molecule has 1 heterocycles. The summed E-state index contributed by atoms with van der Waals surface area (Å²) in [6.45, 7) is 3.16. The van der Waals surface area contributed by atoms with Gasteiger partial charge in [-0.2, -0.15) is 0 Å². The summed E-state index contributed by atoms with van der Waals surface area (Å²) >= 11 is 5.11. The maximum Gasteiger partial charge on any atom is 0.254 e. The Morgan fingerprint density at radius 1 is 1.29 bits per heavy atom. The van der Waals surface area contributed by atoms with Gasteiger partial charge in [0.1, 0.15) is 4.64 Å². The number of nitrogens with one attached hydrogen (secondary N) is 2. The minimum atomic E-state index is -0.209. The lowest BCUT2D eigenvalue weighted by Gasteiger charge is -2.12. The molecule has 0 aliphatic heterocycles. The zero-order valence-electron chi connectivity index (χ0n) is 13.9. The molecule has 24 heavy (non-hydrogen) atoms. The number of aromatic nitrogens is 1. The maximum absolute atomic E-state index is 12.2. The summed E-state index contributed by atoms with van der Waals surface area (Å²) in [5, 5.41) is 2.86. The van der Waals surface area contributed by atoms with Crippen LogP contribution in [0.2, 0.25) is 0 Å². The van der Waals surface area contributed by atoms with Crippen LogP contribution in [-0.4, -0.2) is 24.6 Å². The normalized spacial score (nSPS) is 10.2. The third kappa shape index (κ3) is 4.83. The Kier molecular flexibility index (Phi) is 6.81. The van der Waals surface area contributed by atoms with Crippen LogP contribution in [0.25, 0.3) is 0 Å². The second-order valence-electron chi connectivity index (χ2n) is 5.28. The fourth-order valence-corrected chi connectivity index (χ4v) is 2.37. The molecule has 0 aliphatic rings. The van der Waals surface area contributed by atoms with E-state index in [1.54, 1.807) is 25.4 Å². The number of hydrogen-bond acceptors (Lipinski definition) is 4. The molecule has 5 nitrogen and oxygen atoms in total. The van der Waals surface area contributed by atoms with Crippen molar-refractivity contribution in [2.45, 2.75) is 26.3 Å². The summed E-state index contributed by atoms with van der Waals surface area (Å²) in [4.78, 5) is 15.0. The average Bonchev–Trinajstić information content (AvgIpc) is 2.61. The van der Waals surface area contributed by atoms with Crippen LogP contribution < -0.4 is 14.8 Å². The number of H-pyrrole nitrogens is 1. The highest BCUT2D eigenvalue weighted by molar-refractivity contribution is 7.71. The number of benzene rings is 1. The highest BCUT2D eigenvalue weighted by atomic mass is 32.1. The van der Waals surface area contributed by atoms with E-state index in [4.69, 9.17) is 21.7 Å². The molecule has 2 rings (SSSR count). The van der Waals surface area contributed by atoms with Gasteiger partial charge in [-0.25, -0.2) is 0 Å². The monoisotopic (exact) mass is 346 g/mol. The van der Waals surface area contributed by atoms with Crippen LogP contribution in [0.4, 0.5) is 0 Å². The van der Waals surface area contributed by atoms with Gasteiger partial charge in [-0.3, -0.25) is 4.79 Å². The predicted molar refractivity (Wildman–Crippen MR) is 96.2 cm³/mol. The summed E-state index contributed by atoms with van der Waals surface area (Å²) in [5.74, 6) is 1.17.